The maximum Gasteiger partial charge on any atom is 0.240 e. The lowest BCUT2D eigenvalue weighted by Crippen LogP contribution is -2.52. The maximum atomic E-state index is 13.1. The fourth-order valence-corrected chi connectivity index (χ4v) is 2.90. The summed E-state index contributed by atoms with van der Waals surface area (Å²) in [4.78, 5) is 27.2. The molecule has 1 amide bonds. The lowest BCUT2D eigenvalue weighted by molar-refractivity contribution is -0.142. The smallest absolute Gasteiger partial charge is 0.240 e. The van der Waals surface area contributed by atoms with Crippen LogP contribution in [-0.2, 0) is 9.59 Å². The van der Waals surface area contributed by atoms with Crippen molar-refractivity contribution >= 4 is 17.4 Å². The first-order chi connectivity index (χ1) is 10.1. The highest BCUT2D eigenvalue weighted by Crippen LogP contribution is 2.37. The van der Waals surface area contributed by atoms with Crippen molar-refractivity contribution in [1.29, 1.82) is 0 Å². The Labute approximate surface area is 131 Å². The molecule has 0 aromatic heterocycles. The zero-order chi connectivity index (χ0) is 16.5. The quantitative estimate of drug-likeness (QED) is 0.793. The predicted octanol–water partition coefficient (Wildman–Crippen LogP) is 3.96. The molecule has 0 spiro atoms. The van der Waals surface area contributed by atoms with Crippen LogP contribution in [-0.4, -0.2) is 18.2 Å². The summed E-state index contributed by atoms with van der Waals surface area (Å²) < 4.78 is 13.1. The number of amides is 1. The van der Waals surface area contributed by atoms with Gasteiger partial charge in [0.15, 0.2) is 0 Å². The Balaban J connectivity index is 2.25. The third kappa shape index (κ3) is 3.37. The Kier molecular flexibility index (Phi) is 4.41. The van der Waals surface area contributed by atoms with Crippen molar-refractivity contribution in [1.82, 2.24) is 0 Å². The number of nitrogens with zero attached hydrogens (tertiary/aromatic N) is 1. The van der Waals surface area contributed by atoms with Gasteiger partial charge in [0.05, 0.1) is 0 Å². The summed E-state index contributed by atoms with van der Waals surface area (Å²) in [5, 5.41) is 0. The summed E-state index contributed by atoms with van der Waals surface area (Å²) in [7, 11) is 0. The molecular weight excluding hydrogens is 281 g/mol. The number of hydrogen-bond acceptors (Lipinski definition) is 2. The van der Waals surface area contributed by atoms with Crippen LogP contribution >= 0.6 is 0 Å². The molecule has 0 saturated carbocycles. The van der Waals surface area contributed by atoms with E-state index in [-0.39, 0.29) is 22.9 Å². The largest absolute Gasteiger partial charge is 0.312 e. The molecule has 1 fully saturated rings. The number of Topliss-reactive ketones (excluding diaryl/α,β-unsaturated/α-hetero) is 1. The van der Waals surface area contributed by atoms with Crippen molar-refractivity contribution in [3.05, 3.63) is 30.1 Å². The lowest BCUT2D eigenvalue weighted by Gasteiger charge is -2.39. The van der Waals surface area contributed by atoms with Gasteiger partial charge >= 0.3 is 0 Å². The van der Waals surface area contributed by atoms with Gasteiger partial charge < -0.3 is 4.90 Å². The van der Waals surface area contributed by atoms with Crippen molar-refractivity contribution in [3.8, 4) is 0 Å². The van der Waals surface area contributed by atoms with E-state index in [1.165, 1.54) is 12.1 Å². The first kappa shape index (κ1) is 16.7. The molecule has 0 unspecified atom stereocenters. The molecule has 1 atom stereocenters. The average molecular weight is 305 g/mol. The molecule has 1 aromatic rings. The maximum absolute atomic E-state index is 13.1. The van der Waals surface area contributed by atoms with Crippen LogP contribution in [0.15, 0.2) is 24.3 Å². The van der Waals surface area contributed by atoms with E-state index in [0.717, 1.165) is 6.42 Å². The minimum atomic E-state index is -0.972. The number of halogens is 1. The van der Waals surface area contributed by atoms with Crippen LogP contribution in [0, 0.1) is 16.6 Å². The number of piperidine rings is 1. The van der Waals surface area contributed by atoms with E-state index in [9.17, 15) is 14.0 Å². The third-order valence-electron chi connectivity index (χ3n) is 4.22. The highest BCUT2D eigenvalue weighted by Gasteiger charge is 2.46. The van der Waals surface area contributed by atoms with Crippen LogP contribution in [0.1, 0.15) is 47.0 Å². The van der Waals surface area contributed by atoms with Gasteiger partial charge in [0.25, 0.3) is 0 Å². The molecule has 120 valence electrons. The fourth-order valence-electron chi connectivity index (χ4n) is 2.90. The summed E-state index contributed by atoms with van der Waals surface area (Å²) in [6.07, 6.45) is 1.74. The Morgan fingerprint density at radius 2 is 1.86 bits per heavy atom. The second kappa shape index (κ2) is 5.82. The van der Waals surface area contributed by atoms with Gasteiger partial charge in [-0.15, -0.1) is 0 Å². The number of rotatable bonds is 3. The second-order valence-corrected chi connectivity index (χ2v) is 7.53. The minimum Gasteiger partial charge on any atom is -0.312 e. The summed E-state index contributed by atoms with van der Waals surface area (Å²) in [5.74, 6) is -0.504. The minimum absolute atomic E-state index is 0.00295. The molecular formula is C18H24FNO2. The van der Waals surface area contributed by atoms with Gasteiger partial charge in [0, 0.05) is 18.7 Å². The molecule has 0 radical (unpaired) electrons. The number of hydrogen-bond donors (Lipinski definition) is 0. The summed E-state index contributed by atoms with van der Waals surface area (Å²) in [6.45, 7) is 8.32. The summed E-state index contributed by atoms with van der Waals surface area (Å²) in [6, 6.07) is 5.86. The molecule has 0 N–H and O–H groups in total. The Morgan fingerprint density at radius 3 is 2.41 bits per heavy atom. The van der Waals surface area contributed by atoms with E-state index in [2.05, 4.69) is 0 Å². The van der Waals surface area contributed by atoms with Gasteiger partial charge in [-0.25, -0.2) is 4.39 Å². The van der Waals surface area contributed by atoms with Gasteiger partial charge in [-0.2, -0.15) is 0 Å². The molecule has 1 aliphatic heterocycles. The van der Waals surface area contributed by atoms with Gasteiger partial charge in [0.1, 0.15) is 17.0 Å². The topological polar surface area (TPSA) is 37.4 Å². The molecule has 4 heteroatoms. The fraction of sp³-hybridized carbons (Fsp3) is 0.556. The van der Waals surface area contributed by atoms with Crippen LogP contribution in [0.25, 0.3) is 0 Å². The Morgan fingerprint density at radius 1 is 1.27 bits per heavy atom. The average Bonchev–Trinajstić information content (AvgIpc) is 2.41. The van der Waals surface area contributed by atoms with E-state index in [0.29, 0.717) is 25.1 Å². The standard InChI is InChI=1S/C18H24FNO2/c1-17(2,3)12-15(21)18(4)10-5-11-20(16(18)22)14-8-6-13(19)7-9-14/h6-9H,5,10-12H2,1-4H3/t18-/m1/s1. The third-order valence-corrected chi connectivity index (χ3v) is 4.22. The number of carbonyl (C=O) groups excluding carboxylic acids is 2. The predicted molar refractivity (Wildman–Crippen MR) is 85.2 cm³/mol. The number of carbonyl (C=O) groups is 2. The van der Waals surface area contributed by atoms with E-state index in [1.807, 2.05) is 20.8 Å². The van der Waals surface area contributed by atoms with E-state index in [1.54, 1.807) is 24.0 Å². The van der Waals surface area contributed by atoms with Crippen LogP contribution in [0.3, 0.4) is 0 Å². The van der Waals surface area contributed by atoms with Crippen molar-refractivity contribution in [2.45, 2.75) is 47.0 Å². The molecule has 1 aromatic carbocycles. The summed E-state index contributed by atoms with van der Waals surface area (Å²) >= 11 is 0. The highest BCUT2D eigenvalue weighted by molar-refractivity contribution is 6.12. The van der Waals surface area contributed by atoms with E-state index in [4.69, 9.17) is 0 Å². The number of benzene rings is 1. The van der Waals surface area contributed by atoms with Crippen LogP contribution in [0.5, 0.6) is 0 Å². The van der Waals surface area contributed by atoms with Crippen LogP contribution < -0.4 is 4.90 Å². The van der Waals surface area contributed by atoms with Gasteiger partial charge in [-0.05, 0) is 49.4 Å². The van der Waals surface area contributed by atoms with E-state index < -0.39 is 5.41 Å². The Hall–Kier alpha value is -1.71. The highest BCUT2D eigenvalue weighted by atomic mass is 19.1. The monoisotopic (exact) mass is 305 g/mol. The van der Waals surface area contributed by atoms with E-state index >= 15 is 0 Å². The number of anilines is 1. The second-order valence-electron chi connectivity index (χ2n) is 7.53. The van der Waals surface area contributed by atoms with Crippen LogP contribution in [0.2, 0.25) is 0 Å². The van der Waals surface area contributed by atoms with Gasteiger partial charge in [-0.3, -0.25) is 9.59 Å². The summed E-state index contributed by atoms with van der Waals surface area (Å²) in [5.41, 5.74) is -0.459. The van der Waals surface area contributed by atoms with Crippen LogP contribution in [0.4, 0.5) is 10.1 Å². The number of ketones is 1. The molecule has 3 nitrogen and oxygen atoms in total. The van der Waals surface area contributed by atoms with Crippen molar-refractivity contribution < 1.29 is 14.0 Å². The van der Waals surface area contributed by atoms with Crippen molar-refractivity contribution in [2.75, 3.05) is 11.4 Å². The molecule has 1 heterocycles. The normalized spacial score (nSPS) is 22.8. The molecule has 2 rings (SSSR count). The van der Waals surface area contributed by atoms with Gasteiger partial charge in [-0.1, -0.05) is 20.8 Å². The zero-order valence-corrected chi connectivity index (χ0v) is 13.8. The zero-order valence-electron chi connectivity index (χ0n) is 13.8. The molecule has 1 aliphatic rings. The SMILES string of the molecule is CC(C)(C)CC(=O)[C@@]1(C)CCCN(c2ccc(F)cc2)C1=O. The molecule has 0 bridgehead atoms. The van der Waals surface area contributed by atoms with Crippen molar-refractivity contribution in [3.63, 3.8) is 0 Å². The first-order valence-corrected chi connectivity index (χ1v) is 7.74. The Bertz CT molecular complexity index is 574. The molecule has 0 aliphatic carbocycles. The lowest BCUT2D eigenvalue weighted by atomic mass is 9.72. The molecule has 22 heavy (non-hydrogen) atoms. The molecule has 1 saturated heterocycles. The first-order valence-electron chi connectivity index (χ1n) is 7.74. The van der Waals surface area contributed by atoms with Gasteiger partial charge in [0.2, 0.25) is 5.91 Å². The van der Waals surface area contributed by atoms with Crippen molar-refractivity contribution in [2.24, 2.45) is 10.8 Å².